The Morgan fingerprint density at radius 2 is 2.12 bits per heavy atom. The van der Waals surface area contributed by atoms with Crippen molar-refractivity contribution >= 4 is 6.29 Å². The molecule has 1 aromatic rings. The van der Waals surface area contributed by atoms with Gasteiger partial charge in [-0.3, -0.25) is 4.79 Å². The molecule has 0 radical (unpaired) electrons. The Morgan fingerprint density at radius 1 is 1.31 bits per heavy atom. The number of halogens is 1. The molecule has 1 aromatic carbocycles. The third-order valence-corrected chi connectivity index (χ3v) is 2.35. The summed E-state index contributed by atoms with van der Waals surface area (Å²) >= 11 is 0. The van der Waals surface area contributed by atoms with Gasteiger partial charge in [-0.1, -0.05) is 26.2 Å². The molecule has 0 atom stereocenters. The maximum atomic E-state index is 13.3. The highest BCUT2D eigenvalue weighted by Gasteiger charge is 2.03. The minimum Gasteiger partial charge on any atom is -0.491 e. The molecule has 0 aliphatic heterocycles. The first-order valence-corrected chi connectivity index (χ1v) is 5.65. The molecule has 3 heteroatoms. The number of carbonyl (C=O) groups excluding carboxylic acids is 1. The fourth-order valence-corrected chi connectivity index (χ4v) is 1.42. The lowest BCUT2D eigenvalue weighted by atomic mass is 10.2. The number of rotatable bonds is 7. The Kier molecular flexibility index (Phi) is 5.54. The predicted octanol–water partition coefficient (Wildman–Crippen LogP) is 3.60. The van der Waals surface area contributed by atoms with Crippen molar-refractivity contribution < 1.29 is 13.9 Å². The molecule has 16 heavy (non-hydrogen) atoms. The predicted molar refractivity (Wildman–Crippen MR) is 61.4 cm³/mol. The zero-order valence-corrected chi connectivity index (χ0v) is 9.54. The Hall–Kier alpha value is -1.38. The molecule has 0 spiro atoms. The SMILES string of the molecule is CCCCCCOc1ccc(C=O)cc1F. The molecule has 0 aliphatic carbocycles. The zero-order chi connectivity index (χ0) is 11.8. The summed E-state index contributed by atoms with van der Waals surface area (Å²) in [6, 6.07) is 4.24. The van der Waals surface area contributed by atoms with Crippen molar-refractivity contribution in [2.45, 2.75) is 32.6 Å². The van der Waals surface area contributed by atoms with Crippen molar-refractivity contribution in [1.29, 1.82) is 0 Å². The Morgan fingerprint density at radius 3 is 2.75 bits per heavy atom. The van der Waals surface area contributed by atoms with Gasteiger partial charge in [-0.25, -0.2) is 4.39 Å². The summed E-state index contributed by atoms with van der Waals surface area (Å²) in [5.74, 6) is -0.248. The average molecular weight is 224 g/mol. The second kappa shape index (κ2) is 6.99. The highest BCUT2D eigenvalue weighted by molar-refractivity contribution is 5.74. The van der Waals surface area contributed by atoms with Crippen LogP contribution in [-0.4, -0.2) is 12.9 Å². The number of benzene rings is 1. The summed E-state index contributed by atoms with van der Waals surface area (Å²) in [5.41, 5.74) is 0.329. The van der Waals surface area contributed by atoms with E-state index in [-0.39, 0.29) is 5.75 Å². The average Bonchev–Trinajstić information content (AvgIpc) is 2.30. The maximum absolute atomic E-state index is 13.3. The van der Waals surface area contributed by atoms with Gasteiger partial charge in [0, 0.05) is 5.56 Å². The molecule has 0 saturated carbocycles. The summed E-state index contributed by atoms with van der Waals surface area (Å²) in [5, 5.41) is 0. The van der Waals surface area contributed by atoms with Gasteiger partial charge >= 0.3 is 0 Å². The van der Waals surface area contributed by atoms with Gasteiger partial charge in [0.15, 0.2) is 11.6 Å². The number of unbranched alkanes of at least 4 members (excludes halogenated alkanes) is 3. The minimum atomic E-state index is -0.472. The van der Waals surface area contributed by atoms with Crippen molar-refractivity contribution in [3.8, 4) is 5.75 Å². The van der Waals surface area contributed by atoms with Crippen LogP contribution in [0.1, 0.15) is 43.0 Å². The summed E-state index contributed by atoms with van der Waals surface area (Å²) in [7, 11) is 0. The molecule has 0 saturated heterocycles. The van der Waals surface area contributed by atoms with Crippen LogP contribution in [0, 0.1) is 5.82 Å². The van der Waals surface area contributed by atoms with Crippen LogP contribution in [0.3, 0.4) is 0 Å². The van der Waals surface area contributed by atoms with E-state index in [1.54, 1.807) is 6.07 Å². The van der Waals surface area contributed by atoms with Crippen LogP contribution in [0.2, 0.25) is 0 Å². The van der Waals surface area contributed by atoms with Crippen LogP contribution in [-0.2, 0) is 0 Å². The first-order chi connectivity index (χ1) is 7.77. The summed E-state index contributed by atoms with van der Waals surface area (Å²) in [6.45, 7) is 2.66. The Labute approximate surface area is 95.4 Å². The fourth-order valence-electron chi connectivity index (χ4n) is 1.42. The first-order valence-electron chi connectivity index (χ1n) is 5.65. The number of ether oxygens (including phenoxy) is 1. The van der Waals surface area contributed by atoms with E-state index in [4.69, 9.17) is 4.74 Å². The van der Waals surface area contributed by atoms with Gasteiger partial charge in [0.2, 0.25) is 0 Å². The zero-order valence-electron chi connectivity index (χ0n) is 9.54. The molecule has 2 nitrogen and oxygen atoms in total. The van der Waals surface area contributed by atoms with Gasteiger partial charge in [0.05, 0.1) is 6.61 Å². The van der Waals surface area contributed by atoms with Gasteiger partial charge in [-0.15, -0.1) is 0 Å². The largest absolute Gasteiger partial charge is 0.491 e. The van der Waals surface area contributed by atoms with E-state index in [9.17, 15) is 9.18 Å². The molecule has 0 aromatic heterocycles. The van der Waals surface area contributed by atoms with E-state index in [0.29, 0.717) is 18.5 Å². The van der Waals surface area contributed by atoms with Crippen LogP contribution in [0.4, 0.5) is 4.39 Å². The molecule has 0 N–H and O–H groups in total. The van der Waals surface area contributed by atoms with Gasteiger partial charge in [-0.2, -0.15) is 0 Å². The van der Waals surface area contributed by atoms with E-state index >= 15 is 0 Å². The van der Waals surface area contributed by atoms with Gasteiger partial charge < -0.3 is 4.74 Å². The van der Waals surface area contributed by atoms with Crippen molar-refractivity contribution in [3.05, 3.63) is 29.6 Å². The molecular weight excluding hydrogens is 207 g/mol. The number of hydrogen-bond donors (Lipinski definition) is 0. The van der Waals surface area contributed by atoms with E-state index < -0.39 is 5.82 Å². The summed E-state index contributed by atoms with van der Waals surface area (Å²) < 4.78 is 18.6. The second-order valence-corrected chi connectivity index (χ2v) is 3.72. The standard InChI is InChI=1S/C13H17FO2/c1-2-3-4-5-8-16-13-7-6-11(10-15)9-12(13)14/h6-7,9-10H,2-5,8H2,1H3. The van der Waals surface area contributed by atoms with E-state index in [1.807, 2.05) is 0 Å². The highest BCUT2D eigenvalue weighted by Crippen LogP contribution is 2.18. The van der Waals surface area contributed by atoms with Crippen LogP contribution < -0.4 is 4.74 Å². The third-order valence-electron chi connectivity index (χ3n) is 2.35. The van der Waals surface area contributed by atoms with E-state index in [1.165, 1.54) is 25.0 Å². The molecular formula is C13H17FO2. The minimum absolute atomic E-state index is 0.224. The van der Waals surface area contributed by atoms with Gasteiger partial charge in [-0.05, 0) is 24.6 Å². The van der Waals surface area contributed by atoms with Crippen LogP contribution in [0.5, 0.6) is 5.75 Å². The molecule has 0 bridgehead atoms. The second-order valence-electron chi connectivity index (χ2n) is 3.72. The molecule has 0 amide bonds. The molecule has 0 heterocycles. The van der Waals surface area contributed by atoms with E-state index in [0.717, 1.165) is 12.8 Å². The normalized spacial score (nSPS) is 10.1. The molecule has 0 unspecified atom stereocenters. The molecule has 88 valence electrons. The number of carbonyl (C=O) groups is 1. The smallest absolute Gasteiger partial charge is 0.165 e. The van der Waals surface area contributed by atoms with Gasteiger partial charge in [0.25, 0.3) is 0 Å². The molecule has 1 rings (SSSR count). The third kappa shape index (κ3) is 4.01. The summed E-state index contributed by atoms with van der Waals surface area (Å²) in [6.07, 6.45) is 5.00. The first kappa shape index (κ1) is 12.7. The lowest BCUT2D eigenvalue weighted by Crippen LogP contribution is -1.99. The Bertz CT molecular complexity index is 337. The fraction of sp³-hybridized carbons (Fsp3) is 0.462. The lowest BCUT2D eigenvalue weighted by molar-refractivity contribution is 0.112. The lowest BCUT2D eigenvalue weighted by Gasteiger charge is -2.07. The summed E-state index contributed by atoms with van der Waals surface area (Å²) in [4.78, 5) is 10.4. The van der Waals surface area contributed by atoms with Crippen molar-refractivity contribution in [3.63, 3.8) is 0 Å². The van der Waals surface area contributed by atoms with Crippen molar-refractivity contribution in [2.75, 3.05) is 6.61 Å². The van der Waals surface area contributed by atoms with E-state index in [2.05, 4.69) is 6.92 Å². The number of aldehydes is 1. The molecule has 0 aliphatic rings. The monoisotopic (exact) mass is 224 g/mol. The van der Waals surface area contributed by atoms with Crippen molar-refractivity contribution in [2.24, 2.45) is 0 Å². The van der Waals surface area contributed by atoms with Gasteiger partial charge in [0.1, 0.15) is 6.29 Å². The molecule has 0 fully saturated rings. The van der Waals surface area contributed by atoms with Crippen LogP contribution >= 0.6 is 0 Å². The Balaban J connectivity index is 2.39. The van der Waals surface area contributed by atoms with Crippen LogP contribution in [0.15, 0.2) is 18.2 Å². The topological polar surface area (TPSA) is 26.3 Å². The quantitative estimate of drug-likeness (QED) is 0.522. The number of hydrogen-bond acceptors (Lipinski definition) is 2. The highest BCUT2D eigenvalue weighted by atomic mass is 19.1. The maximum Gasteiger partial charge on any atom is 0.165 e. The van der Waals surface area contributed by atoms with Crippen molar-refractivity contribution in [1.82, 2.24) is 0 Å². The van der Waals surface area contributed by atoms with Crippen LogP contribution in [0.25, 0.3) is 0 Å².